The Morgan fingerprint density at radius 1 is 1.26 bits per heavy atom. The van der Waals surface area contributed by atoms with E-state index in [-0.39, 0.29) is 11.1 Å². The molecule has 3 rings (SSSR count). The van der Waals surface area contributed by atoms with Gasteiger partial charge in [0.15, 0.2) is 11.5 Å². The van der Waals surface area contributed by atoms with Crippen LogP contribution in [0.1, 0.15) is 12.0 Å². The van der Waals surface area contributed by atoms with Crippen molar-refractivity contribution in [3.05, 3.63) is 28.7 Å². The molecule has 0 saturated carbocycles. The number of amides is 2. The smallest absolute Gasteiger partial charge is 0.293 e. The number of carbonyl (C=O) groups is 2. The van der Waals surface area contributed by atoms with Gasteiger partial charge in [0.05, 0.1) is 4.91 Å². The van der Waals surface area contributed by atoms with Crippen molar-refractivity contribution < 1.29 is 23.8 Å². The number of nitrogens with zero attached hydrogens (tertiary/aromatic N) is 1. The van der Waals surface area contributed by atoms with E-state index in [2.05, 4.69) is 0 Å². The number of imide groups is 1. The quantitative estimate of drug-likeness (QED) is 0.608. The number of hydrogen-bond acceptors (Lipinski definition) is 6. The van der Waals surface area contributed by atoms with E-state index >= 15 is 0 Å². The van der Waals surface area contributed by atoms with Crippen LogP contribution in [0.2, 0.25) is 0 Å². The van der Waals surface area contributed by atoms with Crippen molar-refractivity contribution in [1.29, 1.82) is 0 Å². The van der Waals surface area contributed by atoms with E-state index in [0.29, 0.717) is 49.2 Å². The molecule has 2 aliphatic rings. The van der Waals surface area contributed by atoms with Crippen molar-refractivity contribution in [1.82, 2.24) is 4.90 Å². The van der Waals surface area contributed by atoms with E-state index in [0.717, 1.165) is 17.3 Å². The van der Waals surface area contributed by atoms with Crippen molar-refractivity contribution in [2.75, 3.05) is 33.5 Å². The number of hydrogen-bond donors (Lipinski definition) is 0. The summed E-state index contributed by atoms with van der Waals surface area (Å²) < 4.78 is 15.9. The Kier molecular flexibility index (Phi) is 4.88. The lowest BCUT2D eigenvalue weighted by atomic mass is 10.1. The molecule has 2 heterocycles. The highest BCUT2D eigenvalue weighted by Gasteiger charge is 2.34. The standard InChI is InChI=1S/C16H17NO5S/c1-20-6-2-5-17-15(18)14(23-16(17)19)10-11-3-4-12-13(9-11)22-8-7-21-12/h3-4,9-10H,2,5-8H2,1H3/b14-10+. The number of thioether (sulfide) groups is 1. The maximum Gasteiger partial charge on any atom is 0.293 e. The van der Waals surface area contributed by atoms with Crippen LogP contribution >= 0.6 is 11.8 Å². The first-order valence-electron chi connectivity index (χ1n) is 7.33. The average molecular weight is 335 g/mol. The molecule has 23 heavy (non-hydrogen) atoms. The van der Waals surface area contributed by atoms with Crippen LogP contribution in [0.3, 0.4) is 0 Å². The minimum Gasteiger partial charge on any atom is -0.486 e. The zero-order valence-electron chi connectivity index (χ0n) is 12.7. The van der Waals surface area contributed by atoms with Gasteiger partial charge in [0.2, 0.25) is 0 Å². The monoisotopic (exact) mass is 335 g/mol. The highest BCUT2D eigenvalue weighted by molar-refractivity contribution is 8.18. The van der Waals surface area contributed by atoms with Gasteiger partial charge in [-0.2, -0.15) is 0 Å². The van der Waals surface area contributed by atoms with Gasteiger partial charge in [0, 0.05) is 20.3 Å². The average Bonchev–Trinajstić information content (AvgIpc) is 2.82. The van der Waals surface area contributed by atoms with Gasteiger partial charge >= 0.3 is 0 Å². The van der Waals surface area contributed by atoms with Gasteiger partial charge in [0.1, 0.15) is 13.2 Å². The lowest BCUT2D eigenvalue weighted by molar-refractivity contribution is -0.122. The van der Waals surface area contributed by atoms with Crippen molar-refractivity contribution in [2.45, 2.75) is 6.42 Å². The topological polar surface area (TPSA) is 65.1 Å². The number of carbonyl (C=O) groups excluding carboxylic acids is 2. The summed E-state index contributed by atoms with van der Waals surface area (Å²) in [4.78, 5) is 26.0. The van der Waals surface area contributed by atoms with Gasteiger partial charge in [-0.3, -0.25) is 14.5 Å². The van der Waals surface area contributed by atoms with Gasteiger partial charge in [0.25, 0.3) is 11.1 Å². The third kappa shape index (κ3) is 3.51. The third-order valence-corrected chi connectivity index (χ3v) is 4.38. The van der Waals surface area contributed by atoms with Crippen LogP contribution in [0.15, 0.2) is 23.1 Å². The van der Waals surface area contributed by atoms with Crippen molar-refractivity contribution >= 4 is 29.0 Å². The molecule has 0 aromatic heterocycles. The molecule has 0 spiro atoms. The molecule has 122 valence electrons. The van der Waals surface area contributed by atoms with Crippen LogP contribution in [0.5, 0.6) is 11.5 Å². The maximum absolute atomic E-state index is 12.3. The molecule has 1 aromatic rings. The minimum atomic E-state index is -0.258. The van der Waals surface area contributed by atoms with Gasteiger partial charge in [-0.1, -0.05) is 6.07 Å². The number of ether oxygens (including phenoxy) is 3. The molecule has 6 nitrogen and oxygen atoms in total. The van der Waals surface area contributed by atoms with Crippen LogP contribution < -0.4 is 9.47 Å². The first-order chi connectivity index (χ1) is 11.2. The second-order valence-corrected chi connectivity index (χ2v) is 6.08. The predicted molar refractivity (Wildman–Crippen MR) is 86.6 cm³/mol. The molecule has 2 amide bonds. The van der Waals surface area contributed by atoms with Crippen LogP contribution in [0, 0.1) is 0 Å². The van der Waals surface area contributed by atoms with Crippen LogP contribution in [-0.2, 0) is 9.53 Å². The van der Waals surface area contributed by atoms with Crippen molar-refractivity contribution in [3.63, 3.8) is 0 Å². The zero-order valence-corrected chi connectivity index (χ0v) is 13.6. The van der Waals surface area contributed by atoms with Gasteiger partial charge in [-0.25, -0.2) is 0 Å². The number of benzene rings is 1. The Balaban J connectivity index is 1.75. The van der Waals surface area contributed by atoms with E-state index in [4.69, 9.17) is 14.2 Å². The van der Waals surface area contributed by atoms with Crippen molar-refractivity contribution in [2.24, 2.45) is 0 Å². The fourth-order valence-electron chi connectivity index (χ4n) is 2.36. The van der Waals surface area contributed by atoms with Gasteiger partial charge in [-0.15, -0.1) is 0 Å². The highest BCUT2D eigenvalue weighted by atomic mass is 32.2. The highest BCUT2D eigenvalue weighted by Crippen LogP contribution is 2.35. The van der Waals surface area contributed by atoms with Gasteiger partial charge < -0.3 is 14.2 Å². The Morgan fingerprint density at radius 3 is 2.83 bits per heavy atom. The summed E-state index contributed by atoms with van der Waals surface area (Å²) in [5.41, 5.74) is 0.802. The molecule has 0 bridgehead atoms. The Hall–Kier alpha value is -1.99. The molecule has 0 N–H and O–H groups in total. The second-order valence-electron chi connectivity index (χ2n) is 5.08. The molecule has 7 heteroatoms. The number of rotatable bonds is 5. The SMILES string of the molecule is COCCCN1C(=O)S/C(=C/c2ccc3c(c2)OCCO3)C1=O. The van der Waals surface area contributed by atoms with Crippen LogP contribution in [0.4, 0.5) is 4.79 Å². The van der Waals surface area contributed by atoms with Gasteiger partial charge in [-0.05, 0) is 42.0 Å². The second kappa shape index (κ2) is 7.06. The molecule has 0 atom stereocenters. The normalized spacial score (nSPS) is 18.8. The summed E-state index contributed by atoms with van der Waals surface area (Å²) in [6.45, 7) is 1.93. The Labute approximate surface area is 138 Å². The van der Waals surface area contributed by atoms with Crippen LogP contribution in [-0.4, -0.2) is 49.5 Å². The molecule has 1 aromatic carbocycles. The number of fused-ring (bicyclic) bond motifs is 1. The zero-order chi connectivity index (χ0) is 16.2. The summed E-state index contributed by atoms with van der Waals surface area (Å²) >= 11 is 0.958. The van der Waals surface area contributed by atoms with E-state index < -0.39 is 0 Å². The fourth-order valence-corrected chi connectivity index (χ4v) is 3.23. The summed E-state index contributed by atoms with van der Waals surface area (Å²) in [6.07, 6.45) is 2.34. The van der Waals surface area contributed by atoms with E-state index in [9.17, 15) is 9.59 Å². The van der Waals surface area contributed by atoms with E-state index in [1.807, 2.05) is 18.2 Å². The molecule has 2 aliphatic heterocycles. The van der Waals surface area contributed by atoms with Crippen molar-refractivity contribution in [3.8, 4) is 11.5 Å². The molecule has 1 saturated heterocycles. The minimum absolute atomic E-state index is 0.241. The Morgan fingerprint density at radius 2 is 2.04 bits per heavy atom. The largest absolute Gasteiger partial charge is 0.486 e. The third-order valence-electron chi connectivity index (χ3n) is 3.47. The summed E-state index contributed by atoms with van der Waals surface area (Å²) in [6, 6.07) is 5.46. The first kappa shape index (κ1) is 15.9. The number of methoxy groups -OCH3 is 1. The molecular weight excluding hydrogens is 318 g/mol. The summed E-state index contributed by atoms with van der Waals surface area (Å²) in [5, 5.41) is -0.241. The lowest BCUT2D eigenvalue weighted by Crippen LogP contribution is -2.29. The lowest BCUT2D eigenvalue weighted by Gasteiger charge is -2.18. The van der Waals surface area contributed by atoms with E-state index in [1.54, 1.807) is 13.2 Å². The van der Waals surface area contributed by atoms with E-state index in [1.165, 1.54) is 4.90 Å². The molecule has 1 fully saturated rings. The van der Waals surface area contributed by atoms with Crippen LogP contribution in [0.25, 0.3) is 6.08 Å². The first-order valence-corrected chi connectivity index (χ1v) is 8.14. The molecule has 0 radical (unpaired) electrons. The maximum atomic E-state index is 12.3. The predicted octanol–water partition coefficient (Wildman–Crippen LogP) is 2.53. The molecule has 0 unspecified atom stereocenters. The Bertz CT molecular complexity index is 658. The molecule has 0 aliphatic carbocycles. The summed E-state index contributed by atoms with van der Waals surface area (Å²) in [5.74, 6) is 1.09. The summed E-state index contributed by atoms with van der Waals surface area (Å²) in [7, 11) is 1.59. The fraction of sp³-hybridized carbons (Fsp3) is 0.375. The molecular formula is C16H17NO5S.